The van der Waals surface area contributed by atoms with Crippen LogP contribution in [0, 0.1) is 0 Å². The van der Waals surface area contributed by atoms with Gasteiger partial charge in [0.15, 0.2) is 11.6 Å². The maximum absolute atomic E-state index is 5.26. The van der Waals surface area contributed by atoms with E-state index >= 15 is 0 Å². The van der Waals surface area contributed by atoms with E-state index in [1.807, 2.05) is 36.4 Å². The molecule has 0 radical (unpaired) electrons. The number of nitrogens with zero attached hydrogens (tertiary/aromatic N) is 5. The maximum Gasteiger partial charge on any atom is 0.238 e. The zero-order chi connectivity index (χ0) is 42.1. The molecule has 0 aliphatic carbocycles. The van der Waals surface area contributed by atoms with Crippen molar-refractivity contribution in [2.45, 2.75) is 0 Å². The van der Waals surface area contributed by atoms with Crippen LogP contribution in [0.15, 0.2) is 224 Å². The quantitative estimate of drug-likeness (QED) is 0.168. The molecule has 13 rings (SSSR count). The first-order chi connectivity index (χ1) is 31.7. The summed E-state index contributed by atoms with van der Waals surface area (Å²) in [7, 11) is 0. The molecular formula is C59H37N5. The molecule has 0 unspecified atom stereocenters. The third kappa shape index (κ3) is 5.75. The number of rotatable bonds is 6. The molecule has 0 fully saturated rings. The van der Waals surface area contributed by atoms with E-state index in [1.165, 1.54) is 49.0 Å². The Morgan fingerprint density at radius 3 is 1.23 bits per heavy atom. The van der Waals surface area contributed by atoms with E-state index in [9.17, 15) is 0 Å². The molecule has 0 spiro atoms. The van der Waals surface area contributed by atoms with Crippen LogP contribution in [0.1, 0.15) is 0 Å². The van der Waals surface area contributed by atoms with Crippen molar-refractivity contribution in [2.75, 3.05) is 0 Å². The molecule has 0 N–H and O–H groups in total. The van der Waals surface area contributed by atoms with Crippen molar-refractivity contribution >= 4 is 65.2 Å². The summed E-state index contributed by atoms with van der Waals surface area (Å²) < 4.78 is 4.67. The van der Waals surface area contributed by atoms with E-state index in [1.54, 1.807) is 0 Å². The van der Waals surface area contributed by atoms with E-state index in [4.69, 9.17) is 15.0 Å². The lowest BCUT2D eigenvalue weighted by Gasteiger charge is -2.11. The lowest BCUT2D eigenvalue weighted by molar-refractivity contribution is 0.953. The van der Waals surface area contributed by atoms with Gasteiger partial charge in [-0.15, -0.1) is 0 Å². The minimum atomic E-state index is 0.570. The van der Waals surface area contributed by atoms with E-state index in [-0.39, 0.29) is 0 Å². The lowest BCUT2D eigenvalue weighted by Crippen LogP contribution is -2.06. The van der Waals surface area contributed by atoms with Crippen LogP contribution in [0.5, 0.6) is 0 Å². The first kappa shape index (κ1) is 36.0. The fourth-order valence-electron chi connectivity index (χ4n) is 9.77. The molecule has 5 nitrogen and oxygen atoms in total. The second kappa shape index (κ2) is 14.5. The molecular weight excluding hydrogens is 779 g/mol. The van der Waals surface area contributed by atoms with Gasteiger partial charge in [0.25, 0.3) is 0 Å². The van der Waals surface area contributed by atoms with E-state index < -0.39 is 0 Å². The molecule has 64 heavy (non-hydrogen) atoms. The highest BCUT2D eigenvalue weighted by atomic mass is 15.2. The van der Waals surface area contributed by atoms with Crippen LogP contribution < -0.4 is 0 Å². The molecule has 0 bridgehead atoms. The molecule has 0 aliphatic heterocycles. The van der Waals surface area contributed by atoms with Crippen LogP contribution in [-0.4, -0.2) is 24.1 Å². The van der Waals surface area contributed by atoms with Crippen LogP contribution in [0.4, 0.5) is 0 Å². The van der Waals surface area contributed by atoms with Crippen LogP contribution in [0.2, 0.25) is 0 Å². The highest BCUT2D eigenvalue weighted by molar-refractivity contribution is 6.30. The number of fused-ring (bicyclic) bond motifs is 10. The largest absolute Gasteiger partial charge is 0.309 e. The maximum atomic E-state index is 5.26. The van der Waals surface area contributed by atoms with Crippen LogP contribution in [0.3, 0.4) is 0 Å². The van der Waals surface area contributed by atoms with Crippen molar-refractivity contribution in [3.8, 4) is 56.7 Å². The predicted octanol–water partition coefficient (Wildman–Crippen LogP) is 15.0. The third-order valence-corrected chi connectivity index (χ3v) is 12.7. The second-order valence-electron chi connectivity index (χ2n) is 16.4. The molecule has 298 valence electrons. The smallest absolute Gasteiger partial charge is 0.238 e. The Bertz CT molecular complexity index is 3870. The van der Waals surface area contributed by atoms with Gasteiger partial charge in [0.1, 0.15) is 0 Å². The van der Waals surface area contributed by atoms with Gasteiger partial charge in [0, 0.05) is 38.4 Å². The third-order valence-electron chi connectivity index (χ3n) is 12.7. The first-order valence-corrected chi connectivity index (χ1v) is 21.7. The lowest BCUT2D eigenvalue weighted by atomic mass is 9.97. The standard InChI is InChI=1S/C59H37N5/c1-5-15-38(16-6-1)44-26-31-51-49(36-44)55-47-30-34-54-56(48(47)29-33-53(55)63(51)46-28-25-40-19-13-14-24-43(40)35-46)50-37-45(39-17-7-2-8-18-39)27-32-52(50)64(54)59-61-57(41-20-9-3-10-21-41)60-58(62-59)42-22-11-4-12-23-42/h1-37H. The molecule has 0 amide bonds. The molecule has 0 saturated carbocycles. The highest BCUT2D eigenvalue weighted by Gasteiger charge is 2.23. The fourth-order valence-corrected chi connectivity index (χ4v) is 9.77. The van der Waals surface area contributed by atoms with Crippen molar-refractivity contribution in [3.63, 3.8) is 0 Å². The van der Waals surface area contributed by atoms with Crippen molar-refractivity contribution in [1.82, 2.24) is 24.1 Å². The molecule has 13 aromatic rings. The summed E-state index contributed by atoms with van der Waals surface area (Å²) in [6, 6.07) is 80.0. The Labute approximate surface area is 368 Å². The molecule has 3 aromatic heterocycles. The Kier molecular flexibility index (Phi) is 8.15. The van der Waals surface area contributed by atoms with Gasteiger partial charge in [-0.05, 0) is 92.3 Å². The summed E-state index contributed by atoms with van der Waals surface area (Å²) in [5.74, 6) is 1.82. The van der Waals surface area contributed by atoms with Gasteiger partial charge in [-0.2, -0.15) is 9.97 Å². The fraction of sp³-hybridized carbons (Fsp3) is 0. The highest BCUT2D eigenvalue weighted by Crippen LogP contribution is 2.44. The van der Waals surface area contributed by atoms with E-state index in [2.05, 4.69) is 197 Å². The molecule has 5 heteroatoms. The zero-order valence-electron chi connectivity index (χ0n) is 34.6. The first-order valence-electron chi connectivity index (χ1n) is 21.7. The topological polar surface area (TPSA) is 48.5 Å². The molecule has 0 saturated heterocycles. The van der Waals surface area contributed by atoms with Crippen molar-refractivity contribution < 1.29 is 0 Å². The number of hydrogen-bond donors (Lipinski definition) is 0. The zero-order valence-corrected chi connectivity index (χ0v) is 34.6. The Morgan fingerprint density at radius 2 is 0.703 bits per heavy atom. The monoisotopic (exact) mass is 815 g/mol. The summed E-state index contributed by atoms with van der Waals surface area (Å²) in [5, 5.41) is 9.51. The molecule has 3 heterocycles. The SMILES string of the molecule is c1ccc(-c2ccc3c(c2)c2c4ccc5c(c4ccc2n3-c2ccc3ccccc3c2)c2cc(-c3ccccc3)ccc2n5-c2nc(-c3ccccc3)nc(-c3ccccc3)n2)cc1. The normalized spacial score (nSPS) is 11.8. The Balaban J connectivity index is 1.14. The van der Waals surface area contributed by atoms with Crippen LogP contribution in [-0.2, 0) is 0 Å². The van der Waals surface area contributed by atoms with Gasteiger partial charge in [0.05, 0.1) is 22.1 Å². The van der Waals surface area contributed by atoms with Crippen LogP contribution in [0.25, 0.3) is 122 Å². The summed E-state index contributed by atoms with van der Waals surface area (Å²) in [6.45, 7) is 0. The van der Waals surface area contributed by atoms with Gasteiger partial charge in [-0.3, -0.25) is 4.57 Å². The molecule has 0 aliphatic rings. The number of benzene rings is 10. The number of hydrogen-bond acceptors (Lipinski definition) is 3. The van der Waals surface area contributed by atoms with Gasteiger partial charge in [-0.25, -0.2) is 4.98 Å². The van der Waals surface area contributed by atoms with Gasteiger partial charge < -0.3 is 4.57 Å². The second-order valence-corrected chi connectivity index (χ2v) is 16.4. The summed E-state index contributed by atoms with van der Waals surface area (Å²) >= 11 is 0. The van der Waals surface area contributed by atoms with Crippen LogP contribution >= 0.6 is 0 Å². The minimum absolute atomic E-state index is 0.570. The van der Waals surface area contributed by atoms with E-state index in [0.29, 0.717) is 17.6 Å². The molecule has 10 aromatic carbocycles. The summed E-state index contributed by atoms with van der Waals surface area (Å²) in [6.07, 6.45) is 0. The van der Waals surface area contributed by atoms with Gasteiger partial charge in [0.2, 0.25) is 5.95 Å². The van der Waals surface area contributed by atoms with E-state index in [0.717, 1.165) is 55.3 Å². The predicted molar refractivity (Wildman–Crippen MR) is 265 cm³/mol. The van der Waals surface area contributed by atoms with Gasteiger partial charge in [-0.1, -0.05) is 176 Å². The Hall–Kier alpha value is -8.67. The van der Waals surface area contributed by atoms with Crippen molar-refractivity contribution in [3.05, 3.63) is 224 Å². The minimum Gasteiger partial charge on any atom is -0.309 e. The van der Waals surface area contributed by atoms with Crippen molar-refractivity contribution in [2.24, 2.45) is 0 Å². The average molecular weight is 816 g/mol. The Morgan fingerprint density at radius 1 is 0.266 bits per heavy atom. The van der Waals surface area contributed by atoms with Gasteiger partial charge >= 0.3 is 0 Å². The summed E-state index contributed by atoms with van der Waals surface area (Å²) in [5.41, 5.74) is 12.1. The summed E-state index contributed by atoms with van der Waals surface area (Å²) in [4.78, 5) is 15.6. The number of aromatic nitrogens is 5. The van der Waals surface area contributed by atoms with Crippen molar-refractivity contribution in [1.29, 1.82) is 0 Å². The molecule has 0 atom stereocenters. The average Bonchev–Trinajstić information content (AvgIpc) is 3.89.